The van der Waals surface area contributed by atoms with Gasteiger partial charge in [0.2, 0.25) is 0 Å². The van der Waals surface area contributed by atoms with Crippen LogP contribution in [0.1, 0.15) is 27.2 Å². The molecule has 0 bridgehead atoms. The number of carbonyl (C=O) groups is 1. The highest BCUT2D eigenvalue weighted by Crippen LogP contribution is 2.24. The molecule has 100 valence electrons. The van der Waals surface area contributed by atoms with Gasteiger partial charge in [-0.05, 0) is 40.8 Å². The van der Waals surface area contributed by atoms with Gasteiger partial charge in [0.1, 0.15) is 6.61 Å². The third kappa shape index (κ3) is 3.85. The van der Waals surface area contributed by atoms with Crippen LogP contribution in [-0.4, -0.2) is 65.9 Å². The Morgan fingerprint density at radius 2 is 2.18 bits per heavy atom. The van der Waals surface area contributed by atoms with Crippen LogP contribution < -0.4 is 0 Å². The van der Waals surface area contributed by atoms with Crippen LogP contribution in [0.3, 0.4) is 0 Å². The molecule has 1 saturated heterocycles. The minimum Gasteiger partial charge on any atom is -0.447 e. The summed E-state index contributed by atoms with van der Waals surface area (Å²) in [7, 11) is 2.06. The third-order valence-electron chi connectivity index (χ3n) is 2.97. The van der Waals surface area contributed by atoms with Crippen molar-refractivity contribution in [3.63, 3.8) is 0 Å². The first-order valence-corrected chi connectivity index (χ1v) is 6.11. The molecular weight excluding hydrogens is 220 g/mol. The highest BCUT2D eigenvalue weighted by Gasteiger charge is 2.37. The molecule has 1 rings (SSSR count). The molecule has 5 heteroatoms. The number of rotatable bonds is 3. The van der Waals surface area contributed by atoms with Crippen molar-refractivity contribution in [2.45, 2.75) is 38.8 Å². The molecule has 1 aliphatic rings. The number of hydrogen-bond donors (Lipinski definition) is 1. The lowest BCUT2D eigenvalue weighted by atomic mass is 10.0. The monoisotopic (exact) mass is 244 g/mol. The second kappa shape index (κ2) is 5.69. The van der Waals surface area contributed by atoms with Gasteiger partial charge in [-0.15, -0.1) is 0 Å². The number of aliphatic hydroxyl groups excluding tert-OH is 1. The summed E-state index contributed by atoms with van der Waals surface area (Å²) in [5.41, 5.74) is -0.262. The fourth-order valence-corrected chi connectivity index (χ4v) is 2.30. The van der Waals surface area contributed by atoms with Gasteiger partial charge >= 0.3 is 6.09 Å². The number of ether oxygens (including phenoxy) is 1. The molecular formula is C12H24N2O3. The van der Waals surface area contributed by atoms with E-state index >= 15 is 0 Å². The molecule has 5 nitrogen and oxygen atoms in total. The zero-order valence-electron chi connectivity index (χ0n) is 11.3. The van der Waals surface area contributed by atoms with Crippen LogP contribution in [0.2, 0.25) is 0 Å². The fraction of sp³-hybridized carbons (Fsp3) is 0.917. The van der Waals surface area contributed by atoms with E-state index in [1.807, 2.05) is 20.8 Å². The first-order valence-electron chi connectivity index (χ1n) is 6.11. The number of carbonyl (C=O) groups excluding carboxylic acids is 1. The normalized spacial score (nSPS) is 21.6. The van der Waals surface area contributed by atoms with Crippen LogP contribution in [0.15, 0.2) is 0 Å². The Labute approximate surface area is 103 Å². The molecule has 1 amide bonds. The quantitative estimate of drug-likeness (QED) is 0.802. The number of likely N-dealkylation sites (N-methyl/N-ethyl adjacent to an activating group) is 1. The minimum absolute atomic E-state index is 0.0635. The largest absolute Gasteiger partial charge is 0.447 e. The molecule has 0 aromatic heterocycles. The standard InChI is InChI=1S/C12H24N2O3/c1-12(2,3)14(11(16)17-8-7-15)10-5-6-13(4)9-10/h10,15H,5-9H2,1-4H3. The summed E-state index contributed by atoms with van der Waals surface area (Å²) in [5, 5.41) is 8.70. The molecule has 1 fully saturated rings. The molecule has 1 unspecified atom stereocenters. The molecule has 1 aliphatic heterocycles. The van der Waals surface area contributed by atoms with E-state index in [1.165, 1.54) is 0 Å². The molecule has 0 spiro atoms. The molecule has 0 radical (unpaired) electrons. The zero-order chi connectivity index (χ0) is 13.1. The summed E-state index contributed by atoms with van der Waals surface area (Å²) < 4.78 is 5.05. The van der Waals surface area contributed by atoms with Crippen LogP contribution >= 0.6 is 0 Å². The maximum atomic E-state index is 12.0. The number of amides is 1. The van der Waals surface area contributed by atoms with Gasteiger partial charge in [-0.1, -0.05) is 0 Å². The Bertz CT molecular complexity index is 263. The van der Waals surface area contributed by atoms with Crippen molar-refractivity contribution in [3.05, 3.63) is 0 Å². The Morgan fingerprint density at radius 1 is 1.53 bits per heavy atom. The number of hydrogen-bond acceptors (Lipinski definition) is 4. The van der Waals surface area contributed by atoms with Crippen LogP contribution in [0.5, 0.6) is 0 Å². The van der Waals surface area contributed by atoms with Crippen LogP contribution in [0.4, 0.5) is 4.79 Å². The molecule has 0 aromatic rings. The van der Waals surface area contributed by atoms with Gasteiger partial charge in [0.15, 0.2) is 0 Å². The molecule has 17 heavy (non-hydrogen) atoms. The van der Waals surface area contributed by atoms with Gasteiger partial charge < -0.3 is 14.7 Å². The molecule has 1 atom stereocenters. The van der Waals surface area contributed by atoms with Crippen molar-refractivity contribution < 1.29 is 14.6 Å². The summed E-state index contributed by atoms with van der Waals surface area (Å²) >= 11 is 0. The smallest absolute Gasteiger partial charge is 0.410 e. The maximum absolute atomic E-state index is 12.0. The molecule has 0 saturated carbocycles. The summed E-state index contributed by atoms with van der Waals surface area (Å²) in [6, 6.07) is 0.200. The lowest BCUT2D eigenvalue weighted by Crippen LogP contribution is -2.52. The van der Waals surface area contributed by atoms with E-state index in [-0.39, 0.29) is 30.9 Å². The van der Waals surface area contributed by atoms with Gasteiger partial charge in [-0.2, -0.15) is 0 Å². The van der Waals surface area contributed by atoms with Crippen molar-refractivity contribution >= 4 is 6.09 Å². The van der Waals surface area contributed by atoms with Crippen molar-refractivity contribution in [1.29, 1.82) is 0 Å². The topological polar surface area (TPSA) is 53.0 Å². The van der Waals surface area contributed by atoms with E-state index in [2.05, 4.69) is 11.9 Å². The average molecular weight is 244 g/mol. The van der Waals surface area contributed by atoms with Gasteiger partial charge in [0, 0.05) is 18.1 Å². The second-order valence-corrected chi connectivity index (χ2v) is 5.58. The van der Waals surface area contributed by atoms with E-state index in [1.54, 1.807) is 4.90 Å². The van der Waals surface area contributed by atoms with E-state index in [9.17, 15) is 4.79 Å². The third-order valence-corrected chi connectivity index (χ3v) is 2.97. The van der Waals surface area contributed by atoms with E-state index < -0.39 is 0 Å². The summed E-state index contributed by atoms with van der Waals surface area (Å²) in [5.74, 6) is 0. The first-order chi connectivity index (χ1) is 7.86. The van der Waals surface area contributed by atoms with Crippen molar-refractivity contribution in [1.82, 2.24) is 9.80 Å². The van der Waals surface area contributed by atoms with E-state index in [4.69, 9.17) is 9.84 Å². The predicted molar refractivity (Wildman–Crippen MR) is 65.9 cm³/mol. The minimum atomic E-state index is -0.327. The van der Waals surface area contributed by atoms with Gasteiger partial charge in [0.05, 0.1) is 6.61 Å². The molecule has 1 N–H and O–H groups in total. The summed E-state index contributed by atoms with van der Waals surface area (Å²) in [4.78, 5) is 16.0. The van der Waals surface area contributed by atoms with Crippen LogP contribution in [0.25, 0.3) is 0 Å². The lowest BCUT2D eigenvalue weighted by Gasteiger charge is -2.39. The summed E-state index contributed by atoms with van der Waals surface area (Å²) in [6.07, 6.45) is 0.647. The fourth-order valence-electron chi connectivity index (χ4n) is 2.30. The molecule has 1 heterocycles. The Kier molecular flexibility index (Phi) is 4.77. The lowest BCUT2D eigenvalue weighted by molar-refractivity contribution is 0.0372. The second-order valence-electron chi connectivity index (χ2n) is 5.58. The maximum Gasteiger partial charge on any atom is 0.410 e. The SMILES string of the molecule is CN1CCC(N(C(=O)OCCO)C(C)(C)C)C1. The predicted octanol–water partition coefficient (Wildman–Crippen LogP) is 0.920. The highest BCUT2D eigenvalue weighted by atomic mass is 16.6. The van der Waals surface area contributed by atoms with Crippen LogP contribution in [-0.2, 0) is 4.74 Å². The average Bonchev–Trinajstić information content (AvgIpc) is 2.59. The van der Waals surface area contributed by atoms with Crippen molar-refractivity contribution in [2.24, 2.45) is 0 Å². The van der Waals surface area contributed by atoms with E-state index in [0.29, 0.717) is 0 Å². The molecule has 0 aliphatic carbocycles. The number of aliphatic hydroxyl groups is 1. The Balaban J connectivity index is 2.70. The zero-order valence-corrected chi connectivity index (χ0v) is 11.3. The molecule has 0 aromatic carbocycles. The summed E-state index contributed by atoms with van der Waals surface area (Å²) in [6.45, 7) is 7.83. The number of nitrogens with zero attached hydrogens (tertiary/aromatic N) is 2. The Morgan fingerprint density at radius 3 is 2.59 bits per heavy atom. The highest BCUT2D eigenvalue weighted by molar-refractivity contribution is 5.69. The van der Waals surface area contributed by atoms with E-state index in [0.717, 1.165) is 19.5 Å². The van der Waals surface area contributed by atoms with Crippen molar-refractivity contribution in [3.8, 4) is 0 Å². The van der Waals surface area contributed by atoms with Crippen LogP contribution in [0, 0.1) is 0 Å². The number of likely N-dealkylation sites (tertiary alicyclic amines) is 1. The van der Waals surface area contributed by atoms with Gasteiger partial charge in [0.25, 0.3) is 0 Å². The van der Waals surface area contributed by atoms with Gasteiger partial charge in [-0.3, -0.25) is 4.90 Å². The van der Waals surface area contributed by atoms with Gasteiger partial charge in [-0.25, -0.2) is 4.79 Å². The Hall–Kier alpha value is -0.810. The first kappa shape index (κ1) is 14.3. The van der Waals surface area contributed by atoms with Crippen molar-refractivity contribution in [2.75, 3.05) is 33.4 Å².